The summed E-state index contributed by atoms with van der Waals surface area (Å²) in [6.45, 7) is 3.46. The molecule has 0 aliphatic carbocycles. The number of urea groups is 2. The normalized spacial score (nSPS) is 16.2. The van der Waals surface area contributed by atoms with Gasteiger partial charge in [0, 0.05) is 19.5 Å². The number of carbonyl (C=O) groups excluding carboxylic acids is 4. The fourth-order valence-electron chi connectivity index (χ4n) is 4.74. The smallest absolute Gasteiger partial charge is 0.335 e. The number of aliphatic carboxylic acids is 3. The second-order valence-electron chi connectivity index (χ2n) is 9.65. The minimum atomic E-state index is -1.91. The Hall–Kier alpha value is -4.49. The van der Waals surface area contributed by atoms with E-state index in [2.05, 4.69) is 10.6 Å². The van der Waals surface area contributed by atoms with E-state index in [4.69, 9.17) is 5.11 Å². The molecule has 0 bridgehead atoms. The first-order valence-electron chi connectivity index (χ1n) is 13.4. The van der Waals surface area contributed by atoms with Gasteiger partial charge in [0.1, 0.15) is 17.5 Å². The molecule has 41 heavy (non-hydrogen) atoms. The van der Waals surface area contributed by atoms with Crippen LogP contribution in [0.1, 0.15) is 64.4 Å². The maximum atomic E-state index is 13.5. The van der Waals surface area contributed by atoms with Gasteiger partial charge in [-0.1, -0.05) is 44.2 Å². The highest BCUT2D eigenvalue weighted by atomic mass is 16.4. The van der Waals surface area contributed by atoms with Crippen LogP contribution in [-0.2, 0) is 30.5 Å². The molecule has 0 saturated carbocycles. The van der Waals surface area contributed by atoms with E-state index in [0.717, 1.165) is 5.56 Å². The lowest BCUT2D eigenvalue weighted by atomic mass is 9.77. The number of hydrogen-bond acceptors (Lipinski definition) is 7. The van der Waals surface area contributed by atoms with Crippen LogP contribution < -0.4 is 10.6 Å². The number of carbonyl (C=O) groups is 7. The van der Waals surface area contributed by atoms with E-state index in [0.29, 0.717) is 22.8 Å². The third-order valence-electron chi connectivity index (χ3n) is 7.19. The zero-order valence-corrected chi connectivity index (χ0v) is 23.0. The first-order chi connectivity index (χ1) is 19.4. The van der Waals surface area contributed by atoms with Crippen LogP contribution in [0, 0.1) is 5.41 Å². The van der Waals surface area contributed by atoms with Crippen LogP contribution in [0.4, 0.5) is 9.59 Å². The van der Waals surface area contributed by atoms with Crippen LogP contribution in [-0.4, -0.2) is 85.5 Å². The summed E-state index contributed by atoms with van der Waals surface area (Å²) in [6, 6.07) is 3.74. The Bertz CT molecular complexity index is 1150. The number of hydrogen-bond donors (Lipinski definition) is 5. The Morgan fingerprint density at radius 3 is 1.83 bits per heavy atom. The van der Waals surface area contributed by atoms with Gasteiger partial charge in [0.05, 0.1) is 0 Å². The van der Waals surface area contributed by atoms with Crippen molar-refractivity contribution in [3.63, 3.8) is 0 Å². The molecule has 2 rings (SSSR count). The molecule has 1 aliphatic heterocycles. The van der Waals surface area contributed by atoms with Gasteiger partial charge in [-0.25, -0.2) is 29.0 Å². The molecule has 6 amide bonds. The number of amides is 6. The van der Waals surface area contributed by atoms with E-state index in [1.54, 1.807) is 0 Å². The molecule has 0 radical (unpaired) electrons. The Kier molecular flexibility index (Phi) is 11.8. The van der Waals surface area contributed by atoms with Gasteiger partial charge in [0.15, 0.2) is 0 Å². The van der Waals surface area contributed by atoms with E-state index in [1.165, 1.54) is 13.8 Å². The van der Waals surface area contributed by atoms with Crippen LogP contribution in [0.5, 0.6) is 0 Å². The molecule has 1 saturated heterocycles. The maximum Gasteiger partial charge on any atom is 0.335 e. The second kappa shape index (κ2) is 14.8. The Morgan fingerprint density at radius 1 is 0.805 bits per heavy atom. The largest absolute Gasteiger partial charge is 0.481 e. The van der Waals surface area contributed by atoms with Gasteiger partial charge in [-0.05, 0) is 44.1 Å². The van der Waals surface area contributed by atoms with Gasteiger partial charge < -0.3 is 26.0 Å². The highest BCUT2D eigenvalue weighted by Crippen LogP contribution is 2.39. The Balaban J connectivity index is 2.16. The van der Waals surface area contributed by atoms with E-state index in [-0.39, 0.29) is 32.2 Å². The highest BCUT2D eigenvalue weighted by molar-refractivity contribution is 6.21. The zero-order valence-electron chi connectivity index (χ0n) is 23.0. The number of benzene rings is 1. The minimum absolute atomic E-state index is 0.138. The predicted octanol–water partition coefficient (Wildman–Crippen LogP) is 2.02. The summed E-state index contributed by atoms with van der Waals surface area (Å²) >= 11 is 0. The number of nitrogens with zero attached hydrogens (tertiary/aromatic N) is 2. The lowest BCUT2D eigenvalue weighted by Gasteiger charge is -2.46. The summed E-state index contributed by atoms with van der Waals surface area (Å²) in [5.41, 5.74) is -0.990. The van der Waals surface area contributed by atoms with E-state index < -0.39 is 72.1 Å². The number of nitrogens with one attached hydrogen (secondary N) is 2. The standard InChI is InChI=1S/C27H36N4O10/c1-3-27(4-2)23(38)30(26(41)31(24(27)39)19(22(36)37)13-14-20(32)33)18(21(34)35)12-8-9-15-28-25(40)29-16-17-10-6-5-7-11-17/h5-7,10-11,18-19H,3-4,8-9,12-16H2,1-2H3,(H,32,33)(H,34,35)(H,36,37)(H2,28,29,40)/t18?,19-/m0/s1. The third-order valence-corrected chi connectivity index (χ3v) is 7.19. The van der Waals surface area contributed by atoms with Crippen molar-refractivity contribution in [2.24, 2.45) is 5.41 Å². The quantitative estimate of drug-likeness (QED) is 0.143. The molecule has 1 aromatic carbocycles. The van der Waals surface area contributed by atoms with Crippen molar-refractivity contribution in [1.29, 1.82) is 0 Å². The highest BCUT2D eigenvalue weighted by Gasteiger charge is 2.59. The van der Waals surface area contributed by atoms with Crippen LogP contribution in [0.25, 0.3) is 0 Å². The summed E-state index contributed by atoms with van der Waals surface area (Å²) < 4.78 is 0. The van der Waals surface area contributed by atoms with Crippen molar-refractivity contribution in [3.8, 4) is 0 Å². The number of barbiturate groups is 1. The van der Waals surface area contributed by atoms with Gasteiger partial charge in [0.25, 0.3) is 0 Å². The van der Waals surface area contributed by atoms with Crippen LogP contribution in [0.2, 0.25) is 0 Å². The Morgan fingerprint density at radius 2 is 1.34 bits per heavy atom. The van der Waals surface area contributed by atoms with E-state index in [9.17, 15) is 43.8 Å². The van der Waals surface area contributed by atoms with Gasteiger partial charge in [-0.3, -0.25) is 14.4 Å². The third kappa shape index (κ3) is 7.80. The molecule has 0 aromatic heterocycles. The number of rotatable bonds is 16. The first kappa shape index (κ1) is 32.7. The predicted molar refractivity (Wildman–Crippen MR) is 142 cm³/mol. The van der Waals surface area contributed by atoms with Crippen LogP contribution in [0.3, 0.4) is 0 Å². The summed E-state index contributed by atoms with van der Waals surface area (Å²) in [5, 5.41) is 34.0. The van der Waals surface area contributed by atoms with Gasteiger partial charge in [-0.15, -0.1) is 0 Å². The van der Waals surface area contributed by atoms with Crippen LogP contribution >= 0.6 is 0 Å². The monoisotopic (exact) mass is 576 g/mol. The molecule has 5 N–H and O–H groups in total. The van der Waals surface area contributed by atoms with E-state index >= 15 is 0 Å². The van der Waals surface area contributed by atoms with Crippen molar-refractivity contribution < 1.29 is 48.9 Å². The first-order valence-corrected chi connectivity index (χ1v) is 13.4. The average Bonchev–Trinajstić information content (AvgIpc) is 2.93. The molecule has 1 aliphatic rings. The minimum Gasteiger partial charge on any atom is -0.481 e. The summed E-state index contributed by atoms with van der Waals surface area (Å²) in [6.07, 6.45) is -1.34. The number of unbranched alkanes of at least 4 members (excludes halogenated alkanes) is 1. The molecular formula is C27H36N4O10. The molecule has 14 nitrogen and oxygen atoms in total. The van der Waals surface area contributed by atoms with Crippen molar-refractivity contribution >= 4 is 41.8 Å². The average molecular weight is 577 g/mol. The lowest BCUT2D eigenvalue weighted by Crippen LogP contribution is -2.70. The fourth-order valence-corrected chi connectivity index (χ4v) is 4.74. The molecule has 1 aromatic rings. The molecule has 1 heterocycles. The second-order valence-corrected chi connectivity index (χ2v) is 9.65. The number of carboxylic acid groups (broad SMARTS) is 3. The number of carboxylic acids is 3. The zero-order chi connectivity index (χ0) is 30.7. The van der Waals surface area contributed by atoms with Gasteiger partial charge in [-0.2, -0.15) is 0 Å². The van der Waals surface area contributed by atoms with Crippen molar-refractivity contribution in [2.75, 3.05) is 6.54 Å². The molecule has 2 atom stereocenters. The fraction of sp³-hybridized carbons (Fsp3) is 0.519. The van der Waals surface area contributed by atoms with E-state index in [1.807, 2.05) is 30.3 Å². The SMILES string of the molecule is CCC1(CC)C(=O)N(C(CCCCNC(=O)NCc2ccccc2)C(=O)O)C(=O)N([C@@H](CCC(=O)O)C(=O)O)C1=O. The lowest BCUT2D eigenvalue weighted by molar-refractivity contribution is -0.170. The van der Waals surface area contributed by atoms with Gasteiger partial charge in [0.2, 0.25) is 11.8 Å². The van der Waals surface area contributed by atoms with Crippen molar-refractivity contribution in [3.05, 3.63) is 35.9 Å². The van der Waals surface area contributed by atoms with Gasteiger partial charge >= 0.3 is 30.0 Å². The maximum absolute atomic E-state index is 13.5. The van der Waals surface area contributed by atoms with Crippen molar-refractivity contribution in [2.45, 2.75) is 77.4 Å². The summed E-state index contributed by atoms with van der Waals surface area (Å²) in [5.74, 6) is -6.69. The topological polar surface area (TPSA) is 211 Å². The molecular weight excluding hydrogens is 540 g/mol. The number of imide groups is 2. The van der Waals surface area contributed by atoms with Crippen LogP contribution in [0.15, 0.2) is 30.3 Å². The summed E-state index contributed by atoms with van der Waals surface area (Å²) in [4.78, 5) is 88.5. The molecule has 1 fully saturated rings. The van der Waals surface area contributed by atoms with Crippen molar-refractivity contribution in [1.82, 2.24) is 20.4 Å². The molecule has 14 heteroatoms. The molecule has 224 valence electrons. The summed E-state index contributed by atoms with van der Waals surface area (Å²) in [7, 11) is 0. The molecule has 0 spiro atoms. The molecule has 1 unspecified atom stereocenters. The Labute approximate surface area is 236 Å².